The van der Waals surface area contributed by atoms with Gasteiger partial charge in [-0.2, -0.15) is 5.10 Å². The minimum Gasteiger partial charge on any atom is -0.459 e. The van der Waals surface area contributed by atoms with Crippen molar-refractivity contribution in [3.8, 4) is 0 Å². The number of furan rings is 1. The summed E-state index contributed by atoms with van der Waals surface area (Å²) in [5.74, 6) is 1.71. The summed E-state index contributed by atoms with van der Waals surface area (Å²) >= 11 is 0. The van der Waals surface area contributed by atoms with E-state index in [0.29, 0.717) is 6.54 Å². The molecule has 2 N–H and O–H groups in total. The zero-order valence-electron chi connectivity index (χ0n) is 16.9. The molecule has 0 radical (unpaired) electrons. The van der Waals surface area contributed by atoms with Crippen molar-refractivity contribution in [3.05, 3.63) is 52.5 Å². The van der Waals surface area contributed by atoms with E-state index in [-0.39, 0.29) is 0 Å². The SMILES string of the molecule is CCNC(=NCc1oc2ccccc2c1C)NCCc1c(C)nn(C)c1C. The Morgan fingerprint density at radius 1 is 1.19 bits per heavy atom. The van der Waals surface area contributed by atoms with Crippen molar-refractivity contribution in [2.45, 2.75) is 40.7 Å². The number of hydrogen-bond acceptors (Lipinski definition) is 3. The van der Waals surface area contributed by atoms with Gasteiger partial charge in [0.05, 0.1) is 5.69 Å². The van der Waals surface area contributed by atoms with E-state index >= 15 is 0 Å². The Morgan fingerprint density at radius 2 is 1.96 bits per heavy atom. The summed E-state index contributed by atoms with van der Waals surface area (Å²) in [4.78, 5) is 4.70. The molecule has 6 nitrogen and oxygen atoms in total. The van der Waals surface area contributed by atoms with Gasteiger partial charge in [0.15, 0.2) is 5.96 Å². The number of aromatic nitrogens is 2. The summed E-state index contributed by atoms with van der Waals surface area (Å²) in [6, 6.07) is 8.11. The lowest BCUT2D eigenvalue weighted by molar-refractivity contribution is 0.548. The van der Waals surface area contributed by atoms with Gasteiger partial charge in [0, 0.05) is 36.8 Å². The summed E-state index contributed by atoms with van der Waals surface area (Å²) in [7, 11) is 1.99. The van der Waals surface area contributed by atoms with E-state index in [1.165, 1.54) is 11.3 Å². The Kier molecular flexibility index (Phi) is 5.84. The van der Waals surface area contributed by atoms with Gasteiger partial charge in [0.25, 0.3) is 0 Å². The fourth-order valence-corrected chi connectivity index (χ4v) is 3.35. The standard InChI is InChI=1S/C21H29N5O/c1-6-22-21(23-12-11-18-15(3)25-26(5)16(18)4)24-13-20-14(2)17-9-7-8-10-19(17)27-20/h7-10H,6,11-13H2,1-5H3,(H2,22,23,24). The van der Waals surface area contributed by atoms with Gasteiger partial charge in [-0.05, 0) is 45.7 Å². The second kappa shape index (κ2) is 8.29. The maximum atomic E-state index is 5.96. The van der Waals surface area contributed by atoms with Crippen LogP contribution in [0.4, 0.5) is 0 Å². The quantitative estimate of drug-likeness (QED) is 0.518. The third kappa shape index (κ3) is 4.15. The van der Waals surface area contributed by atoms with Gasteiger partial charge in [0.2, 0.25) is 0 Å². The van der Waals surface area contributed by atoms with Crippen LogP contribution in [0, 0.1) is 20.8 Å². The lowest BCUT2D eigenvalue weighted by atomic mass is 10.1. The minimum atomic E-state index is 0.515. The van der Waals surface area contributed by atoms with Crippen LogP contribution in [0.2, 0.25) is 0 Å². The Balaban J connectivity index is 1.66. The van der Waals surface area contributed by atoms with Crippen molar-refractivity contribution < 1.29 is 4.42 Å². The Morgan fingerprint density at radius 3 is 2.63 bits per heavy atom. The third-order valence-corrected chi connectivity index (χ3v) is 4.99. The topological polar surface area (TPSA) is 67.4 Å². The van der Waals surface area contributed by atoms with E-state index in [0.717, 1.165) is 53.5 Å². The number of benzene rings is 1. The van der Waals surface area contributed by atoms with E-state index in [9.17, 15) is 0 Å². The molecule has 27 heavy (non-hydrogen) atoms. The van der Waals surface area contributed by atoms with Gasteiger partial charge in [-0.1, -0.05) is 18.2 Å². The zero-order valence-corrected chi connectivity index (χ0v) is 16.9. The number of aliphatic imine (C=N–C) groups is 1. The normalized spacial score (nSPS) is 12.0. The van der Waals surface area contributed by atoms with E-state index in [4.69, 9.17) is 9.41 Å². The number of nitrogens with zero attached hydrogens (tertiary/aromatic N) is 3. The maximum absolute atomic E-state index is 5.96. The fraction of sp³-hybridized carbons (Fsp3) is 0.429. The Hall–Kier alpha value is -2.76. The minimum absolute atomic E-state index is 0.515. The van der Waals surface area contributed by atoms with E-state index in [1.54, 1.807) is 0 Å². The average molecular weight is 367 g/mol. The molecule has 0 atom stereocenters. The molecule has 0 aliphatic heterocycles. The smallest absolute Gasteiger partial charge is 0.191 e. The molecule has 0 saturated carbocycles. The number of guanidine groups is 1. The van der Waals surface area contributed by atoms with Crippen molar-refractivity contribution in [1.29, 1.82) is 0 Å². The number of hydrogen-bond donors (Lipinski definition) is 2. The number of rotatable bonds is 6. The fourth-order valence-electron chi connectivity index (χ4n) is 3.35. The molecule has 0 amide bonds. The largest absolute Gasteiger partial charge is 0.459 e. The first-order valence-corrected chi connectivity index (χ1v) is 9.49. The monoisotopic (exact) mass is 367 g/mol. The predicted molar refractivity (Wildman–Crippen MR) is 110 cm³/mol. The summed E-state index contributed by atoms with van der Waals surface area (Å²) in [6.45, 7) is 10.5. The second-order valence-electron chi connectivity index (χ2n) is 6.79. The third-order valence-electron chi connectivity index (χ3n) is 4.99. The van der Waals surface area contributed by atoms with Crippen molar-refractivity contribution in [2.24, 2.45) is 12.0 Å². The van der Waals surface area contributed by atoms with Crippen LogP contribution in [-0.4, -0.2) is 28.8 Å². The Labute approximate surface area is 160 Å². The molecule has 1 aromatic carbocycles. The first-order chi connectivity index (χ1) is 13.0. The highest BCUT2D eigenvalue weighted by Crippen LogP contribution is 2.25. The second-order valence-corrected chi connectivity index (χ2v) is 6.79. The maximum Gasteiger partial charge on any atom is 0.191 e. The highest BCUT2D eigenvalue weighted by atomic mass is 16.3. The highest BCUT2D eigenvalue weighted by molar-refractivity contribution is 5.82. The van der Waals surface area contributed by atoms with Gasteiger partial charge >= 0.3 is 0 Å². The molecular formula is C21H29N5O. The van der Waals surface area contributed by atoms with E-state index < -0.39 is 0 Å². The van der Waals surface area contributed by atoms with Crippen LogP contribution in [0.3, 0.4) is 0 Å². The number of para-hydroxylation sites is 1. The molecule has 6 heteroatoms. The molecule has 0 aliphatic carbocycles. The average Bonchev–Trinajstić information content (AvgIpc) is 3.10. The van der Waals surface area contributed by atoms with Crippen LogP contribution in [0.25, 0.3) is 11.0 Å². The van der Waals surface area contributed by atoms with Crippen LogP contribution < -0.4 is 10.6 Å². The van der Waals surface area contributed by atoms with Gasteiger partial charge in [0.1, 0.15) is 17.9 Å². The molecular weight excluding hydrogens is 338 g/mol. The molecule has 2 aromatic heterocycles. The van der Waals surface area contributed by atoms with Crippen LogP contribution in [0.1, 0.15) is 35.2 Å². The molecule has 3 rings (SSSR count). The molecule has 144 valence electrons. The van der Waals surface area contributed by atoms with E-state index in [2.05, 4.69) is 49.5 Å². The van der Waals surface area contributed by atoms with E-state index in [1.807, 2.05) is 29.9 Å². The zero-order chi connectivity index (χ0) is 19.4. The molecule has 0 bridgehead atoms. The predicted octanol–water partition coefficient (Wildman–Crippen LogP) is 3.39. The summed E-state index contributed by atoms with van der Waals surface area (Å²) < 4.78 is 7.90. The summed E-state index contributed by atoms with van der Waals surface area (Å²) in [5.41, 5.74) is 5.69. The number of fused-ring (bicyclic) bond motifs is 1. The van der Waals surface area contributed by atoms with Crippen molar-refractivity contribution in [3.63, 3.8) is 0 Å². The van der Waals surface area contributed by atoms with Gasteiger partial charge in [-0.25, -0.2) is 4.99 Å². The highest BCUT2D eigenvalue weighted by Gasteiger charge is 2.11. The lowest BCUT2D eigenvalue weighted by Gasteiger charge is -2.11. The first kappa shape index (κ1) is 19.0. The number of nitrogens with one attached hydrogen (secondary N) is 2. The van der Waals surface area contributed by atoms with Crippen LogP contribution in [0.15, 0.2) is 33.7 Å². The van der Waals surface area contributed by atoms with Gasteiger partial charge in [-0.15, -0.1) is 0 Å². The van der Waals surface area contributed by atoms with Crippen molar-refractivity contribution in [2.75, 3.05) is 13.1 Å². The first-order valence-electron chi connectivity index (χ1n) is 9.49. The van der Waals surface area contributed by atoms with Gasteiger partial charge in [-0.3, -0.25) is 4.68 Å². The molecule has 3 aromatic rings. The number of aryl methyl sites for hydroxylation is 3. The van der Waals surface area contributed by atoms with Crippen molar-refractivity contribution in [1.82, 2.24) is 20.4 Å². The Bertz CT molecular complexity index is 951. The summed E-state index contributed by atoms with van der Waals surface area (Å²) in [5, 5.41) is 12.4. The molecule has 0 fully saturated rings. The van der Waals surface area contributed by atoms with Crippen LogP contribution in [0.5, 0.6) is 0 Å². The molecule has 0 spiro atoms. The lowest BCUT2D eigenvalue weighted by Crippen LogP contribution is -2.38. The van der Waals surface area contributed by atoms with Crippen LogP contribution >= 0.6 is 0 Å². The summed E-state index contributed by atoms with van der Waals surface area (Å²) in [6.07, 6.45) is 0.916. The molecule has 0 unspecified atom stereocenters. The van der Waals surface area contributed by atoms with Crippen molar-refractivity contribution >= 4 is 16.9 Å². The molecule has 0 aliphatic rings. The van der Waals surface area contributed by atoms with Gasteiger partial charge < -0.3 is 15.1 Å². The van der Waals surface area contributed by atoms with Crippen LogP contribution in [-0.2, 0) is 20.0 Å². The molecule has 0 saturated heterocycles. The molecule has 2 heterocycles.